The third kappa shape index (κ3) is 4.91. The second-order valence-electron chi connectivity index (χ2n) is 9.43. The Kier molecular flexibility index (Phi) is 7.34. The quantitative estimate of drug-likeness (QED) is 0.692. The van der Waals surface area contributed by atoms with E-state index in [4.69, 9.17) is 4.74 Å². The summed E-state index contributed by atoms with van der Waals surface area (Å²) >= 11 is 0. The number of carbonyl (C=O) groups is 1. The molecule has 0 radical (unpaired) electrons. The summed E-state index contributed by atoms with van der Waals surface area (Å²) in [5.74, 6) is 7.04. The molecular weight excluding hydrogens is 388 g/mol. The van der Waals surface area contributed by atoms with Crippen molar-refractivity contribution in [2.24, 2.45) is 5.92 Å². The number of hydrogen-bond donors (Lipinski definition) is 1. The van der Waals surface area contributed by atoms with Gasteiger partial charge in [0.2, 0.25) is 0 Å². The topological polar surface area (TPSA) is 53.0 Å². The van der Waals surface area contributed by atoms with Crippen LogP contribution in [0.15, 0.2) is 18.2 Å². The molecule has 0 aromatic heterocycles. The summed E-state index contributed by atoms with van der Waals surface area (Å²) in [4.78, 5) is 16.4. The molecule has 0 saturated heterocycles. The first-order valence-electron chi connectivity index (χ1n) is 11.7. The first kappa shape index (κ1) is 23.6. The molecule has 1 N–H and O–H groups in total. The van der Waals surface area contributed by atoms with E-state index < -0.39 is 5.60 Å². The van der Waals surface area contributed by atoms with Crippen LogP contribution in [0.3, 0.4) is 0 Å². The zero-order chi connectivity index (χ0) is 22.6. The van der Waals surface area contributed by atoms with E-state index in [1.807, 2.05) is 27.1 Å². The third-order valence-corrected chi connectivity index (χ3v) is 7.38. The lowest BCUT2D eigenvalue weighted by Crippen LogP contribution is -2.49. The largest absolute Gasteiger partial charge is 0.415 e. The Hall–Kier alpha value is -2.03. The van der Waals surface area contributed by atoms with E-state index in [9.17, 15) is 9.90 Å². The summed E-state index contributed by atoms with van der Waals surface area (Å²) < 4.78 is 5.74. The number of carbonyl (C=O) groups excluding carboxylic acids is 1. The Morgan fingerprint density at radius 1 is 1.26 bits per heavy atom. The molecule has 1 fully saturated rings. The van der Waals surface area contributed by atoms with E-state index in [-0.39, 0.29) is 11.5 Å². The van der Waals surface area contributed by atoms with Crippen molar-refractivity contribution in [2.45, 2.75) is 70.3 Å². The van der Waals surface area contributed by atoms with Gasteiger partial charge in [0.25, 0.3) is 0 Å². The van der Waals surface area contributed by atoms with Gasteiger partial charge in [-0.15, -0.1) is 5.92 Å². The van der Waals surface area contributed by atoms with Crippen LogP contribution in [-0.2, 0) is 11.8 Å². The van der Waals surface area contributed by atoms with Crippen LogP contribution < -0.4 is 4.74 Å². The number of aliphatic hydroxyl groups is 1. The summed E-state index contributed by atoms with van der Waals surface area (Å²) in [5.41, 5.74) is 1.89. The number of rotatable bonds is 6. The van der Waals surface area contributed by atoms with Crippen molar-refractivity contribution >= 4 is 6.09 Å². The van der Waals surface area contributed by atoms with Gasteiger partial charge in [-0.05, 0) is 101 Å². The molecule has 1 amide bonds. The Labute approximate surface area is 187 Å². The summed E-state index contributed by atoms with van der Waals surface area (Å²) in [7, 11) is 4.00. The van der Waals surface area contributed by atoms with E-state index in [2.05, 4.69) is 35.8 Å². The molecule has 0 unspecified atom stereocenters. The summed E-state index contributed by atoms with van der Waals surface area (Å²) in [6.45, 7) is 8.12. The van der Waals surface area contributed by atoms with E-state index in [0.717, 1.165) is 38.6 Å². The average Bonchev–Trinajstić information content (AvgIpc) is 2.73. The monoisotopic (exact) mass is 426 g/mol. The Morgan fingerprint density at radius 2 is 2.03 bits per heavy atom. The minimum Gasteiger partial charge on any atom is -0.410 e. The first-order valence-corrected chi connectivity index (χ1v) is 11.7. The molecule has 0 spiro atoms. The molecule has 0 heterocycles. The molecule has 0 aliphatic heterocycles. The van der Waals surface area contributed by atoms with Crippen LogP contribution in [0, 0.1) is 17.8 Å². The Balaban J connectivity index is 1.79. The van der Waals surface area contributed by atoms with Gasteiger partial charge in [0.15, 0.2) is 0 Å². The fourth-order valence-electron chi connectivity index (χ4n) is 5.59. The SMILES string of the molecule is CC#C[C@@]1(O)CC[C@]2(CC)c3ccc(OC(=O)N(CC)CCN(C)C)cc3CC[C@@H]2C1. The van der Waals surface area contributed by atoms with Crippen molar-refractivity contribution in [2.75, 3.05) is 33.7 Å². The van der Waals surface area contributed by atoms with Gasteiger partial charge in [-0.3, -0.25) is 0 Å². The van der Waals surface area contributed by atoms with Crippen molar-refractivity contribution in [3.8, 4) is 17.6 Å². The number of hydrogen-bond acceptors (Lipinski definition) is 4. The van der Waals surface area contributed by atoms with E-state index >= 15 is 0 Å². The highest BCUT2D eigenvalue weighted by atomic mass is 16.6. The van der Waals surface area contributed by atoms with Crippen LogP contribution in [-0.4, -0.2) is 60.3 Å². The van der Waals surface area contributed by atoms with Gasteiger partial charge >= 0.3 is 6.09 Å². The predicted octanol–water partition coefficient (Wildman–Crippen LogP) is 4.22. The number of amides is 1. The highest BCUT2D eigenvalue weighted by Gasteiger charge is 2.50. The number of ether oxygens (including phenoxy) is 1. The molecule has 5 heteroatoms. The molecule has 3 rings (SSSR count). The van der Waals surface area contributed by atoms with Crippen LogP contribution >= 0.6 is 0 Å². The van der Waals surface area contributed by atoms with Gasteiger partial charge in [-0.25, -0.2) is 4.79 Å². The molecule has 2 aliphatic rings. The van der Waals surface area contributed by atoms with Gasteiger partial charge in [0.1, 0.15) is 11.4 Å². The standard InChI is InChI=1S/C26H38N2O3/c1-6-13-25(30)14-15-26(7-2)21(19-25)10-9-20-18-22(11-12-23(20)26)31-24(29)28(8-3)17-16-27(4)5/h11-12,18,21,30H,7-10,14-17,19H2,1-5H3/t21-,25-,26+/m1/s1. The molecule has 2 aliphatic carbocycles. The first-order chi connectivity index (χ1) is 14.8. The molecule has 1 aromatic rings. The lowest BCUT2D eigenvalue weighted by Gasteiger charge is -2.52. The average molecular weight is 427 g/mol. The van der Waals surface area contributed by atoms with Gasteiger partial charge in [-0.1, -0.05) is 18.9 Å². The van der Waals surface area contributed by atoms with E-state index in [1.165, 1.54) is 11.1 Å². The normalized spacial score (nSPS) is 27.0. The zero-order valence-corrected chi connectivity index (χ0v) is 19.8. The maximum absolute atomic E-state index is 12.6. The van der Waals surface area contributed by atoms with Crippen LogP contribution in [0.5, 0.6) is 5.75 Å². The predicted molar refractivity (Wildman–Crippen MR) is 124 cm³/mol. The smallest absolute Gasteiger partial charge is 0.410 e. The molecule has 170 valence electrons. The highest BCUT2D eigenvalue weighted by molar-refractivity contribution is 5.70. The van der Waals surface area contributed by atoms with Crippen LogP contribution in [0.4, 0.5) is 4.79 Å². The van der Waals surface area contributed by atoms with Crippen molar-refractivity contribution in [1.82, 2.24) is 9.80 Å². The Bertz CT molecular complexity index is 856. The van der Waals surface area contributed by atoms with Crippen LogP contribution in [0.2, 0.25) is 0 Å². The van der Waals surface area contributed by atoms with Crippen molar-refractivity contribution < 1.29 is 14.6 Å². The van der Waals surface area contributed by atoms with Gasteiger partial charge < -0.3 is 19.6 Å². The molecule has 1 saturated carbocycles. The minimum absolute atomic E-state index is 0.0823. The zero-order valence-electron chi connectivity index (χ0n) is 19.8. The highest BCUT2D eigenvalue weighted by Crippen LogP contribution is 2.54. The van der Waals surface area contributed by atoms with Crippen molar-refractivity contribution in [3.05, 3.63) is 29.3 Å². The lowest BCUT2D eigenvalue weighted by atomic mass is 9.53. The fraction of sp³-hybridized carbons (Fsp3) is 0.654. The maximum atomic E-state index is 12.6. The third-order valence-electron chi connectivity index (χ3n) is 7.38. The number of aryl methyl sites for hydroxylation is 1. The second-order valence-corrected chi connectivity index (χ2v) is 9.43. The number of nitrogens with zero attached hydrogens (tertiary/aromatic N) is 2. The lowest BCUT2D eigenvalue weighted by molar-refractivity contribution is -0.00926. The number of fused-ring (bicyclic) bond motifs is 3. The van der Waals surface area contributed by atoms with Crippen LogP contribution in [0.25, 0.3) is 0 Å². The number of benzene rings is 1. The van der Waals surface area contributed by atoms with Gasteiger partial charge in [0.05, 0.1) is 0 Å². The van der Waals surface area contributed by atoms with Crippen molar-refractivity contribution in [3.63, 3.8) is 0 Å². The fourth-order valence-corrected chi connectivity index (χ4v) is 5.59. The summed E-state index contributed by atoms with van der Waals surface area (Å²) in [6, 6.07) is 6.18. The Morgan fingerprint density at radius 3 is 2.68 bits per heavy atom. The molecular formula is C26H38N2O3. The summed E-state index contributed by atoms with van der Waals surface area (Å²) in [5, 5.41) is 10.9. The minimum atomic E-state index is -0.846. The molecule has 1 aromatic carbocycles. The molecule has 3 atom stereocenters. The van der Waals surface area contributed by atoms with Gasteiger partial charge in [-0.2, -0.15) is 0 Å². The van der Waals surface area contributed by atoms with Crippen molar-refractivity contribution in [1.29, 1.82) is 0 Å². The summed E-state index contributed by atoms with van der Waals surface area (Å²) in [6.07, 6.45) is 5.15. The molecule has 0 bridgehead atoms. The maximum Gasteiger partial charge on any atom is 0.415 e. The van der Waals surface area contributed by atoms with E-state index in [1.54, 1.807) is 11.8 Å². The van der Waals surface area contributed by atoms with Gasteiger partial charge in [0, 0.05) is 19.6 Å². The van der Waals surface area contributed by atoms with E-state index in [0.29, 0.717) is 31.2 Å². The molecule has 5 nitrogen and oxygen atoms in total. The second kappa shape index (κ2) is 9.63. The molecule has 31 heavy (non-hydrogen) atoms. The number of likely N-dealkylation sites (N-methyl/N-ethyl adjacent to an activating group) is 2. The van der Waals surface area contributed by atoms with Crippen LogP contribution in [0.1, 0.15) is 64.0 Å².